The Morgan fingerprint density at radius 1 is 1.45 bits per heavy atom. The Morgan fingerprint density at radius 2 is 2.09 bits per heavy atom. The summed E-state index contributed by atoms with van der Waals surface area (Å²) in [6.45, 7) is 9.81. The molecule has 0 aliphatic carbocycles. The van der Waals surface area contributed by atoms with Crippen LogP contribution in [0.25, 0.3) is 0 Å². The molecule has 62 valence electrons. The van der Waals surface area contributed by atoms with Crippen LogP contribution in [-0.2, 0) is 0 Å². The second kappa shape index (κ2) is 3.21. The van der Waals surface area contributed by atoms with Gasteiger partial charge in [-0.1, -0.05) is 20.8 Å². The Labute approximate surface area is 69.2 Å². The Kier molecular flexibility index (Phi) is 2.48. The van der Waals surface area contributed by atoms with E-state index in [1.807, 2.05) is 0 Å². The standard InChI is InChI=1S/C10H17N/c1-5-9-10(7(2)3)8(4)6-11-9/h7H,5-6H2,1-4H3. The first-order chi connectivity index (χ1) is 5.16. The zero-order valence-electron chi connectivity index (χ0n) is 7.94. The molecule has 1 nitrogen and oxygen atoms in total. The average molecular weight is 151 g/mol. The third-order valence-corrected chi connectivity index (χ3v) is 2.19. The van der Waals surface area contributed by atoms with Crippen molar-refractivity contribution in [3.8, 4) is 0 Å². The predicted molar refractivity (Wildman–Crippen MR) is 50.1 cm³/mol. The van der Waals surface area contributed by atoms with E-state index in [2.05, 4.69) is 32.7 Å². The van der Waals surface area contributed by atoms with E-state index in [1.165, 1.54) is 16.9 Å². The van der Waals surface area contributed by atoms with Crippen LogP contribution in [0.1, 0.15) is 34.1 Å². The van der Waals surface area contributed by atoms with Crippen LogP contribution >= 0.6 is 0 Å². The Bertz CT molecular complexity index is 209. The Balaban J connectivity index is 2.87. The van der Waals surface area contributed by atoms with Crippen LogP contribution in [0.2, 0.25) is 0 Å². The van der Waals surface area contributed by atoms with Crippen molar-refractivity contribution in [1.29, 1.82) is 0 Å². The van der Waals surface area contributed by atoms with Crippen molar-refractivity contribution in [2.45, 2.75) is 34.1 Å². The van der Waals surface area contributed by atoms with Crippen LogP contribution in [0, 0.1) is 5.92 Å². The van der Waals surface area contributed by atoms with Gasteiger partial charge in [0.05, 0.1) is 6.54 Å². The SMILES string of the molecule is CCC1=NCC(C)=C1C(C)C. The lowest BCUT2D eigenvalue weighted by molar-refractivity contribution is 0.792. The third-order valence-electron chi connectivity index (χ3n) is 2.19. The van der Waals surface area contributed by atoms with Gasteiger partial charge in [0, 0.05) is 5.71 Å². The minimum Gasteiger partial charge on any atom is -0.285 e. The summed E-state index contributed by atoms with van der Waals surface area (Å²) in [5.74, 6) is 0.649. The van der Waals surface area contributed by atoms with E-state index >= 15 is 0 Å². The third kappa shape index (κ3) is 1.52. The molecule has 0 aromatic heterocycles. The van der Waals surface area contributed by atoms with Crippen molar-refractivity contribution in [3.63, 3.8) is 0 Å². The highest BCUT2D eigenvalue weighted by Gasteiger charge is 2.16. The normalized spacial score (nSPS) is 18.1. The van der Waals surface area contributed by atoms with Crippen molar-refractivity contribution in [2.24, 2.45) is 10.9 Å². The van der Waals surface area contributed by atoms with Gasteiger partial charge in [-0.15, -0.1) is 0 Å². The molecule has 1 rings (SSSR count). The summed E-state index contributed by atoms with van der Waals surface area (Å²) in [5.41, 5.74) is 4.31. The number of aliphatic imine (C=N–C) groups is 1. The average Bonchev–Trinajstić information content (AvgIpc) is 2.30. The fourth-order valence-corrected chi connectivity index (χ4v) is 1.76. The molecule has 1 aliphatic rings. The molecule has 0 radical (unpaired) electrons. The quantitative estimate of drug-likeness (QED) is 0.575. The first kappa shape index (κ1) is 8.51. The molecule has 0 bridgehead atoms. The first-order valence-electron chi connectivity index (χ1n) is 4.40. The summed E-state index contributed by atoms with van der Waals surface area (Å²) in [5, 5.41) is 0. The van der Waals surface area contributed by atoms with Crippen LogP contribution in [0.15, 0.2) is 16.1 Å². The van der Waals surface area contributed by atoms with Crippen LogP contribution in [-0.4, -0.2) is 12.3 Å². The van der Waals surface area contributed by atoms with E-state index in [0.717, 1.165) is 13.0 Å². The van der Waals surface area contributed by atoms with E-state index in [9.17, 15) is 0 Å². The topological polar surface area (TPSA) is 12.4 Å². The second-order valence-electron chi connectivity index (χ2n) is 3.47. The lowest BCUT2D eigenvalue weighted by atomic mass is 9.94. The fourth-order valence-electron chi connectivity index (χ4n) is 1.76. The summed E-state index contributed by atoms with van der Waals surface area (Å²) in [6.07, 6.45) is 1.09. The molecule has 0 saturated carbocycles. The van der Waals surface area contributed by atoms with Gasteiger partial charge < -0.3 is 0 Å². The molecule has 0 spiro atoms. The number of nitrogens with zero attached hydrogens (tertiary/aromatic N) is 1. The zero-order valence-corrected chi connectivity index (χ0v) is 7.94. The maximum absolute atomic E-state index is 4.48. The van der Waals surface area contributed by atoms with Crippen molar-refractivity contribution >= 4 is 5.71 Å². The summed E-state index contributed by atoms with van der Waals surface area (Å²) < 4.78 is 0. The maximum Gasteiger partial charge on any atom is 0.0606 e. The van der Waals surface area contributed by atoms with E-state index in [0.29, 0.717) is 5.92 Å². The van der Waals surface area contributed by atoms with Gasteiger partial charge in [-0.25, -0.2) is 0 Å². The summed E-state index contributed by atoms with van der Waals surface area (Å²) in [6, 6.07) is 0. The maximum atomic E-state index is 4.48. The lowest BCUT2D eigenvalue weighted by Crippen LogP contribution is -2.05. The van der Waals surface area contributed by atoms with E-state index in [1.54, 1.807) is 0 Å². The molecular weight excluding hydrogens is 134 g/mol. The Hall–Kier alpha value is -0.590. The monoisotopic (exact) mass is 151 g/mol. The second-order valence-corrected chi connectivity index (χ2v) is 3.47. The smallest absolute Gasteiger partial charge is 0.0606 e. The van der Waals surface area contributed by atoms with Crippen LogP contribution in [0.5, 0.6) is 0 Å². The molecule has 1 heterocycles. The number of hydrogen-bond acceptors (Lipinski definition) is 1. The minimum atomic E-state index is 0.649. The lowest BCUT2D eigenvalue weighted by Gasteiger charge is -2.09. The molecule has 11 heavy (non-hydrogen) atoms. The van der Waals surface area contributed by atoms with E-state index in [4.69, 9.17) is 0 Å². The van der Waals surface area contributed by atoms with E-state index < -0.39 is 0 Å². The molecule has 0 unspecified atom stereocenters. The summed E-state index contributed by atoms with van der Waals surface area (Å²) in [7, 11) is 0. The highest BCUT2D eigenvalue weighted by molar-refractivity contribution is 6.02. The van der Waals surface area contributed by atoms with E-state index in [-0.39, 0.29) is 0 Å². The zero-order chi connectivity index (χ0) is 8.43. The molecule has 0 saturated heterocycles. The first-order valence-corrected chi connectivity index (χ1v) is 4.40. The van der Waals surface area contributed by atoms with Gasteiger partial charge in [-0.3, -0.25) is 4.99 Å². The molecule has 1 aliphatic heterocycles. The van der Waals surface area contributed by atoms with Gasteiger partial charge in [-0.2, -0.15) is 0 Å². The molecule has 0 N–H and O–H groups in total. The fraction of sp³-hybridized carbons (Fsp3) is 0.700. The number of hydrogen-bond donors (Lipinski definition) is 0. The molecule has 1 heteroatoms. The van der Waals surface area contributed by atoms with Crippen molar-refractivity contribution in [3.05, 3.63) is 11.1 Å². The van der Waals surface area contributed by atoms with Gasteiger partial charge in [-0.05, 0) is 30.4 Å². The van der Waals surface area contributed by atoms with Crippen molar-refractivity contribution in [1.82, 2.24) is 0 Å². The molecule has 0 atom stereocenters. The Morgan fingerprint density at radius 3 is 2.45 bits per heavy atom. The van der Waals surface area contributed by atoms with Crippen LogP contribution < -0.4 is 0 Å². The van der Waals surface area contributed by atoms with Crippen molar-refractivity contribution < 1.29 is 0 Å². The van der Waals surface area contributed by atoms with Gasteiger partial charge in [0.1, 0.15) is 0 Å². The van der Waals surface area contributed by atoms with Gasteiger partial charge in [0.15, 0.2) is 0 Å². The largest absolute Gasteiger partial charge is 0.285 e. The van der Waals surface area contributed by atoms with Crippen molar-refractivity contribution in [2.75, 3.05) is 6.54 Å². The predicted octanol–water partition coefficient (Wildman–Crippen LogP) is 2.82. The van der Waals surface area contributed by atoms with Crippen LogP contribution in [0.4, 0.5) is 0 Å². The highest BCUT2D eigenvalue weighted by atomic mass is 14.8. The summed E-state index contributed by atoms with van der Waals surface area (Å²) >= 11 is 0. The number of allylic oxidation sites excluding steroid dienone is 1. The highest BCUT2D eigenvalue weighted by Crippen LogP contribution is 2.23. The molecule has 0 aromatic rings. The van der Waals surface area contributed by atoms with Crippen LogP contribution in [0.3, 0.4) is 0 Å². The summed E-state index contributed by atoms with van der Waals surface area (Å²) in [4.78, 5) is 4.48. The van der Waals surface area contributed by atoms with Gasteiger partial charge in [0.25, 0.3) is 0 Å². The number of rotatable bonds is 2. The molecule has 0 aromatic carbocycles. The van der Waals surface area contributed by atoms with Gasteiger partial charge >= 0.3 is 0 Å². The minimum absolute atomic E-state index is 0.649. The molecule has 0 fully saturated rings. The van der Waals surface area contributed by atoms with Gasteiger partial charge in [0.2, 0.25) is 0 Å². The molecular formula is C10H17N. The molecule has 0 amide bonds.